The van der Waals surface area contributed by atoms with Gasteiger partial charge in [0.05, 0.1) is 16.6 Å². The van der Waals surface area contributed by atoms with E-state index in [4.69, 9.17) is 5.73 Å². The van der Waals surface area contributed by atoms with Crippen molar-refractivity contribution >= 4 is 34.4 Å². The Balaban J connectivity index is 1.41. The summed E-state index contributed by atoms with van der Waals surface area (Å²) in [6, 6.07) is 10.9. The van der Waals surface area contributed by atoms with E-state index in [9.17, 15) is 23.1 Å². The SMILES string of the molecule is Cc1ccc(NC(=O)c2cccc(C(F)(F)F)c2)cc1-c1cc2cnc(N)nc2c(-c2cnc(N3CCCC3)nc2)c1O. The van der Waals surface area contributed by atoms with E-state index in [0.717, 1.165) is 43.6 Å². The average Bonchev–Trinajstić information content (AvgIpc) is 3.53. The third kappa shape index (κ3) is 5.51. The van der Waals surface area contributed by atoms with Crippen LogP contribution >= 0.6 is 0 Å². The van der Waals surface area contributed by atoms with Crippen LogP contribution in [-0.4, -0.2) is 44.0 Å². The minimum atomic E-state index is -4.58. The molecule has 1 aliphatic rings. The van der Waals surface area contributed by atoms with Crippen molar-refractivity contribution in [2.45, 2.75) is 25.9 Å². The van der Waals surface area contributed by atoms with Crippen molar-refractivity contribution in [2.75, 3.05) is 29.0 Å². The van der Waals surface area contributed by atoms with Gasteiger partial charge in [0.1, 0.15) is 5.75 Å². The first-order valence-corrected chi connectivity index (χ1v) is 13.5. The van der Waals surface area contributed by atoms with E-state index in [1.165, 1.54) is 12.1 Å². The fourth-order valence-electron chi connectivity index (χ4n) is 5.22. The monoisotopic (exact) mass is 585 g/mol. The molecule has 3 aromatic carbocycles. The minimum Gasteiger partial charge on any atom is -0.507 e. The number of fused-ring (bicyclic) bond motifs is 1. The molecule has 0 unspecified atom stereocenters. The van der Waals surface area contributed by atoms with Crippen LogP contribution in [0.2, 0.25) is 0 Å². The number of rotatable bonds is 5. The van der Waals surface area contributed by atoms with E-state index in [0.29, 0.717) is 44.8 Å². The van der Waals surface area contributed by atoms with Crippen molar-refractivity contribution in [3.8, 4) is 28.0 Å². The summed E-state index contributed by atoms with van der Waals surface area (Å²) in [5.41, 5.74) is 8.26. The number of alkyl halides is 3. The van der Waals surface area contributed by atoms with Crippen LogP contribution < -0.4 is 16.0 Å². The largest absolute Gasteiger partial charge is 0.507 e. The van der Waals surface area contributed by atoms with Gasteiger partial charge < -0.3 is 21.1 Å². The maximum Gasteiger partial charge on any atom is 0.416 e. The normalized spacial score (nSPS) is 13.4. The van der Waals surface area contributed by atoms with Gasteiger partial charge in [-0.1, -0.05) is 12.1 Å². The zero-order valence-corrected chi connectivity index (χ0v) is 23.0. The molecule has 0 spiro atoms. The third-order valence-corrected chi connectivity index (χ3v) is 7.42. The van der Waals surface area contributed by atoms with Crippen LogP contribution in [0.15, 0.2) is 67.1 Å². The Bertz CT molecular complexity index is 1850. The number of phenols is 1. The fourth-order valence-corrected chi connectivity index (χ4v) is 5.22. The maximum absolute atomic E-state index is 13.2. The number of amides is 1. The molecular formula is C31H26F3N7O2. The van der Waals surface area contributed by atoms with Crippen molar-refractivity contribution < 1.29 is 23.1 Å². The Kier molecular flexibility index (Phi) is 7.04. The maximum atomic E-state index is 13.2. The average molecular weight is 586 g/mol. The molecule has 43 heavy (non-hydrogen) atoms. The molecule has 1 fully saturated rings. The lowest BCUT2D eigenvalue weighted by Gasteiger charge is -2.17. The molecule has 0 radical (unpaired) electrons. The zero-order valence-electron chi connectivity index (χ0n) is 23.0. The lowest BCUT2D eigenvalue weighted by Crippen LogP contribution is -2.20. The molecule has 0 bridgehead atoms. The summed E-state index contributed by atoms with van der Waals surface area (Å²) in [6.07, 6.45) is 2.40. The fraction of sp³-hybridized carbons (Fsp3) is 0.194. The van der Waals surface area contributed by atoms with Crippen LogP contribution in [0.4, 0.5) is 30.8 Å². The van der Waals surface area contributed by atoms with Crippen molar-refractivity contribution in [1.82, 2.24) is 19.9 Å². The van der Waals surface area contributed by atoms with Crippen LogP contribution in [0.5, 0.6) is 5.75 Å². The lowest BCUT2D eigenvalue weighted by atomic mass is 9.93. The Morgan fingerprint density at radius 2 is 1.72 bits per heavy atom. The second kappa shape index (κ2) is 10.9. The first-order valence-electron chi connectivity index (χ1n) is 13.5. The second-order valence-electron chi connectivity index (χ2n) is 10.3. The Hall–Kier alpha value is -5.26. The van der Waals surface area contributed by atoms with E-state index in [-0.39, 0.29) is 17.3 Å². The first-order chi connectivity index (χ1) is 20.6. The summed E-state index contributed by atoms with van der Waals surface area (Å²) in [6.45, 7) is 3.60. The molecule has 3 heterocycles. The van der Waals surface area contributed by atoms with E-state index < -0.39 is 17.6 Å². The minimum absolute atomic E-state index is 0.0333. The number of nitrogens with two attached hydrogens (primary N) is 1. The number of aromatic nitrogens is 4. The van der Waals surface area contributed by atoms with Gasteiger partial charge in [0.15, 0.2) is 0 Å². The summed E-state index contributed by atoms with van der Waals surface area (Å²) in [5.74, 6) is -0.169. The zero-order chi connectivity index (χ0) is 30.3. The number of halogens is 3. The smallest absolute Gasteiger partial charge is 0.416 e. The predicted molar refractivity (Wildman–Crippen MR) is 158 cm³/mol. The van der Waals surface area contributed by atoms with Gasteiger partial charge in [-0.2, -0.15) is 13.2 Å². The number of hydrogen-bond donors (Lipinski definition) is 3. The number of phenolic OH excluding ortho intramolecular Hbond substituents is 1. The van der Waals surface area contributed by atoms with Crippen LogP contribution in [0.3, 0.4) is 0 Å². The van der Waals surface area contributed by atoms with Gasteiger partial charge in [-0.3, -0.25) is 4.79 Å². The number of hydrogen-bond acceptors (Lipinski definition) is 8. The quantitative estimate of drug-likeness (QED) is 0.222. The molecule has 6 rings (SSSR count). The van der Waals surface area contributed by atoms with Gasteiger partial charge in [0.25, 0.3) is 5.91 Å². The van der Waals surface area contributed by atoms with Gasteiger partial charge in [0, 0.05) is 59.4 Å². The highest BCUT2D eigenvalue weighted by molar-refractivity contribution is 6.06. The highest BCUT2D eigenvalue weighted by Crippen LogP contribution is 2.44. The van der Waals surface area contributed by atoms with Gasteiger partial charge >= 0.3 is 6.18 Å². The number of nitrogens with zero attached hydrogens (tertiary/aromatic N) is 5. The summed E-state index contributed by atoms with van der Waals surface area (Å²) in [4.78, 5) is 32.6. The third-order valence-electron chi connectivity index (χ3n) is 7.42. The number of anilines is 3. The first kappa shape index (κ1) is 27.9. The molecule has 2 aromatic heterocycles. The Morgan fingerprint density at radius 3 is 2.44 bits per heavy atom. The Labute approximate surface area is 244 Å². The van der Waals surface area contributed by atoms with E-state index in [1.54, 1.807) is 42.9 Å². The standard InChI is InChI=1S/C31H26F3N7O2/c1-17-7-8-22(39-28(43)18-5-4-6-21(11-18)31(32,33)34)13-23(17)24-12-19-14-36-29(35)40-26(19)25(27(24)42)20-15-37-30(38-16-20)41-9-2-3-10-41/h4-8,11-16,42H,2-3,9-10H2,1H3,(H,39,43)(H2,35,36,40). The summed E-state index contributed by atoms with van der Waals surface area (Å²) >= 11 is 0. The van der Waals surface area contributed by atoms with Crippen molar-refractivity contribution in [3.63, 3.8) is 0 Å². The molecule has 4 N–H and O–H groups in total. The van der Waals surface area contributed by atoms with E-state index in [2.05, 4.69) is 30.2 Å². The number of nitrogens with one attached hydrogen (secondary N) is 1. The van der Waals surface area contributed by atoms with E-state index >= 15 is 0 Å². The predicted octanol–water partition coefficient (Wildman–Crippen LogP) is 6.22. The molecule has 0 saturated carbocycles. The van der Waals surface area contributed by atoms with E-state index in [1.807, 2.05) is 6.92 Å². The summed E-state index contributed by atoms with van der Waals surface area (Å²) in [5, 5.41) is 14.9. The van der Waals surface area contributed by atoms with Crippen LogP contribution in [0.1, 0.15) is 34.3 Å². The Morgan fingerprint density at radius 1 is 0.977 bits per heavy atom. The van der Waals surface area contributed by atoms with Gasteiger partial charge in [-0.25, -0.2) is 19.9 Å². The summed E-state index contributed by atoms with van der Waals surface area (Å²) < 4.78 is 39.5. The van der Waals surface area contributed by atoms with Gasteiger partial charge in [-0.15, -0.1) is 0 Å². The highest BCUT2D eigenvalue weighted by atomic mass is 19.4. The molecule has 12 heteroatoms. The number of benzene rings is 3. The van der Waals surface area contributed by atoms with Crippen LogP contribution in [0.25, 0.3) is 33.2 Å². The highest BCUT2D eigenvalue weighted by Gasteiger charge is 2.31. The number of aromatic hydroxyl groups is 1. The molecule has 0 atom stereocenters. The lowest BCUT2D eigenvalue weighted by molar-refractivity contribution is -0.137. The van der Waals surface area contributed by atoms with Crippen molar-refractivity contribution in [2.24, 2.45) is 0 Å². The van der Waals surface area contributed by atoms with Gasteiger partial charge in [-0.05, 0) is 67.3 Å². The molecule has 1 saturated heterocycles. The number of nitrogen functional groups attached to an aromatic ring is 1. The topological polar surface area (TPSA) is 130 Å². The van der Waals surface area contributed by atoms with Crippen LogP contribution in [0, 0.1) is 6.92 Å². The molecular weight excluding hydrogens is 559 g/mol. The molecule has 1 amide bonds. The van der Waals surface area contributed by atoms with Crippen molar-refractivity contribution in [3.05, 3.63) is 83.8 Å². The summed E-state index contributed by atoms with van der Waals surface area (Å²) in [7, 11) is 0. The molecule has 5 aromatic rings. The molecule has 0 aliphatic carbocycles. The number of carbonyl (C=O) groups is 1. The molecule has 1 aliphatic heterocycles. The van der Waals surface area contributed by atoms with Gasteiger partial charge in [0.2, 0.25) is 11.9 Å². The molecule has 9 nitrogen and oxygen atoms in total. The number of carbonyl (C=O) groups excluding carboxylic acids is 1. The number of aryl methyl sites for hydroxylation is 1. The van der Waals surface area contributed by atoms with Crippen molar-refractivity contribution in [1.29, 1.82) is 0 Å². The second-order valence-corrected chi connectivity index (χ2v) is 10.3. The van der Waals surface area contributed by atoms with Crippen LogP contribution in [-0.2, 0) is 6.18 Å². The molecule has 218 valence electrons.